The minimum Gasteiger partial charge on any atom is -0.370 e. The van der Waals surface area contributed by atoms with E-state index in [9.17, 15) is 4.79 Å². The molecule has 2 unspecified atom stereocenters. The molecule has 0 aliphatic carbocycles. The average molecular weight is 238 g/mol. The van der Waals surface area contributed by atoms with E-state index in [1.54, 1.807) is 0 Å². The van der Waals surface area contributed by atoms with E-state index < -0.39 is 0 Å². The molecule has 2 saturated heterocycles. The normalized spacial score (nSPS) is 30.2. The molecule has 2 atom stereocenters. The number of nitrogens with zero attached hydrogens (tertiary/aromatic N) is 2. The van der Waals surface area contributed by atoms with Crippen molar-refractivity contribution < 1.29 is 4.79 Å². The van der Waals surface area contributed by atoms with Gasteiger partial charge in [-0.05, 0) is 32.6 Å². The molecule has 17 heavy (non-hydrogen) atoms. The molecule has 2 aliphatic rings. The van der Waals surface area contributed by atoms with Crippen molar-refractivity contribution in [2.75, 3.05) is 13.1 Å². The summed E-state index contributed by atoms with van der Waals surface area (Å²) in [5, 5.41) is 3.07. The Balaban J connectivity index is 1.96. The number of nitrogens with one attached hydrogen (secondary N) is 1. The maximum atomic E-state index is 11.3. The Morgan fingerprint density at radius 3 is 3.00 bits per heavy atom. The largest absolute Gasteiger partial charge is 0.370 e. The fourth-order valence-electron chi connectivity index (χ4n) is 2.66. The number of amides is 1. The lowest BCUT2D eigenvalue weighted by Gasteiger charge is -2.41. The minimum atomic E-state index is 0.198. The van der Waals surface area contributed by atoms with Crippen LogP contribution in [0.2, 0.25) is 0 Å². The lowest BCUT2D eigenvalue weighted by Crippen LogP contribution is -2.56. The predicted octanol–water partition coefficient (Wildman–Crippen LogP) is 0.310. The highest BCUT2D eigenvalue weighted by molar-refractivity contribution is 5.79. The van der Waals surface area contributed by atoms with Crippen molar-refractivity contribution in [2.45, 2.75) is 45.2 Å². The lowest BCUT2D eigenvalue weighted by atomic mass is 9.85. The van der Waals surface area contributed by atoms with Crippen molar-refractivity contribution in [3.63, 3.8) is 0 Å². The van der Waals surface area contributed by atoms with Crippen LogP contribution >= 0.6 is 0 Å². The van der Waals surface area contributed by atoms with E-state index in [0.29, 0.717) is 24.3 Å². The molecule has 96 valence electrons. The SMILES string of the molecule is CC(C)N=C(N)N1CCC2NC(=O)CCC2C1. The highest BCUT2D eigenvalue weighted by Crippen LogP contribution is 2.25. The summed E-state index contributed by atoms with van der Waals surface area (Å²) in [6, 6.07) is 0.582. The van der Waals surface area contributed by atoms with Crippen LogP contribution < -0.4 is 11.1 Å². The standard InChI is InChI=1S/C12H22N4O/c1-8(2)14-12(13)16-6-5-10-9(7-16)3-4-11(17)15-10/h8-10H,3-7H2,1-2H3,(H2,13,14)(H,15,17). The van der Waals surface area contributed by atoms with E-state index in [2.05, 4.69) is 15.2 Å². The maximum absolute atomic E-state index is 11.3. The summed E-state index contributed by atoms with van der Waals surface area (Å²) in [5.74, 6) is 1.38. The van der Waals surface area contributed by atoms with Gasteiger partial charge in [-0.2, -0.15) is 0 Å². The van der Waals surface area contributed by atoms with Crippen LogP contribution in [0, 0.1) is 5.92 Å². The fourth-order valence-corrected chi connectivity index (χ4v) is 2.66. The molecule has 5 heteroatoms. The molecule has 0 aromatic carbocycles. The number of aliphatic imine (C=N–C) groups is 1. The number of guanidine groups is 1. The van der Waals surface area contributed by atoms with E-state index in [1.807, 2.05) is 13.8 Å². The summed E-state index contributed by atoms with van der Waals surface area (Å²) in [7, 11) is 0. The first-order valence-electron chi connectivity index (χ1n) is 6.44. The molecule has 2 aliphatic heterocycles. The van der Waals surface area contributed by atoms with Gasteiger partial charge in [-0.1, -0.05) is 0 Å². The van der Waals surface area contributed by atoms with Gasteiger partial charge < -0.3 is 16.0 Å². The Bertz CT molecular complexity index is 326. The Morgan fingerprint density at radius 2 is 2.29 bits per heavy atom. The summed E-state index contributed by atoms with van der Waals surface area (Å²) in [6.45, 7) is 5.87. The van der Waals surface area contributed by atoms with Gasteiger partial charge in [0.25, 0.3) is 0 Å². The van der Waals surface area contributed by atoms with Gasteiger partial charge in [-0.3, -0.25) is 9.79 Å². The molecule has 0 aromatic rings. The Hall–Kier alpha value is -1.26. The third kappa shape index (κ3) is 2.90. The van der Waals surface area contributed by atoms with Crippen LogP contribution in [-0.2, 0) is 4.79 Å². The third-order valence-electron chi connectivity index (χ3n) is 3.54. The molecule has 2 heterocycles. The van der Waals surface area contributed by atoms with Crippen molar-refractivity contribution in [1.29, 1.82) is 0 Å². The second-order valence-corrected chi connectivity index (χ2v) is 5.29. The fraction of sp³-hybridized carbons (Fsp3) is 0.833. The van der Waals surface area contributed by atoms with Crippen LogP contribution in [0.3, 0.4) is 0 Å². The zero-order chi connectivity index (χ0) is 12.4. The number of carbonyl (C=O) groups excluding carboxylic acids is 1. The highest BCUT2D eigenvalue weighted by atomic mass is 16.1. The first kappa shape index (κ1) is 12.2. The van der Waals surface area contributed by atoms with E-state index in [-0.39, 0.29) is 11.9 Å². The number of hydrogen-bond donors (Lipinski definition) is 2. The predicted molar refractivity (Wildman–Crippen MR) is 67.6 cm³/mol. The molecule has 0 aromatic heterocycles. The van der Waals surface area contributed by atoms with Crippen LogP contribution in [0.25, 0.3) is 0 Å². The Labute approximate surface area is 102 Å². The molecule has 1 amide bonds. The Kier molecular flexibility index (Phi) is 3.54. The van der Waals surface area contributed by atoms with Crippen LogP contribution in [-0.4, -0.2) is 41.9 Å². The molecular formula is C12H22N4O. The Morgan fingerprint density at radius 1 is 1.53 bits per heavy atom. The van der Waals surface area contributed by atoms with Crippen LogP contribution in [0.1, 0.15) is 33.1 Å². The van der Waals surface area contributed by atoms with Gasteiger partial charge in [0.1, 0.15) is 0 Å². The van der Waals surface area contributed by atoms with Gasteiger partial charge in [0.05, 0.1) is 0 Å². The quantitative estimate of drug-likeness (QED) is 0.510. The second kappa shape index (κ2) is 4.94. The summed E-state index contributed by atoms with van der Waals surface area (Å²) < 4.78 is 0. The van der Waals surface area contributed by atoms with Gasteiger partial charge in [-0.25, -0.2) is 0 Å². The number of carbonyl (C=O) groups is 1. The topological polar surface area (TPSA) is 70.7 Å². The highest BCUT2D eigenvalue weighted by Gasteiger charge is 2.34. The molecule has 0 spiro atoms. The lowest BCUT2D eigenvalue weighted by molar-refractivity contribution is -0.125. The van der Waals surface area contributed by atoms with Crippen LogP contribution in [0.5, 0.6) is 0 Å². The molecule has 3 N–H and O–H groups in total. The molecule has 2 fully saturated rings. The number of fused-ring (bicyclic) bond motifs is 1. The molecule has 0 radical (unpaired) electrons. The summed E-state index contributed by atoms with van der Waals surface area (Å²) in [6.07, 6.45) is 2.60. The van der Waals surface area contributed by atoms with Crippen LogP contribution in [0.4, 0.5) is 0 Å². The zero-order valence-electron chi connectivity index (χ0n) is 10.6. The number of rotatable bonds is 1. The third-order valence-corrected chi connectivity index (χ3v) is 3.54. The monoisotopic (exact) mass is 238 g/mol. The van der Waals surface area contributed by atoms with Crippen LogP contribution in [0.15, 0.2) is 4.99 Å². The molecular weight excluding hydrogens is 216 g/mol. The summed E-state index contributed by atoms with van der Waals surface area (Å²) in [5.41, 5.74) is 5.99. The molecule has 5 nitrogen and oxygen atoms in total. The minimum absolute atomic E-state index is 0.198. The number of nitrogens with two attached hydrogens (primary N) is 1. The molecule has 0 saturated carbocycles. The van der Waals surface area contributed by atoms with Crippen molar-refractivity contribution >= 4 is 11.9 Å². The van der Waals surface area contributed by atoms with Gasteiger partial charge in [0.2, 0.25) is 5.91 Å². The second-order valence-electron chi connectivity index (χ2n) is 5.29. The summed E-state index contributed by atoms with van der Waals surface area (Å²) >= 11 is 0. The van der Waals surface area contributed by atoms with Gasteiger partial charge in [-0.15, -0.1) is 0 Å². The van der Waals surface area contributed by atoms with E-state index in [4.69, 9.17) is 5.73 Å². The van der Waals surface area contributed by atoms with Crippen molar-refractivity contribution in [3.8, 4) is 0 Å². The smallest absolute Gasteiger partial charge is 0.220 e. The average Bonchev–Trinajstić information content (AvgIpc) is 2.27. The van der Waals surface area contributed by atoms with Crippen molar-refractivity contribution in [3.05, 3.63) is 0 Å². The first-order valence-corrected chi connectivity index (χ1v) is 6.44. The van der Waals surface area contributed by atoms with Crippen molar-refractivity contribution in [2.24, 2.45) is 16.6 Å². The zero-order valence-corrected chi connectivity index (χ0v) is 10.6. The number of likely N-dealkylation sites (tertiary alicyclic amines) is 1. The maximum Gasteiger partial charge on any atom is 0.220 e. The summed E-state index contributed by atoms with van der Waals surface area (Å²) in [4.78, 5) is 17.8. The first-order chi connectivity index (χ1) is 8.06. The molecule has 2 rings (SSSR count). The number of piperidine rings is 2. The van der Waals surface area contributed by atoms with E-state index >= 15 is 0 Å². The van der Waals surface area contributed by atoms with Gasteiger partial charge >= 0.3 is 0 Å². The van der Waals surface area contributed by atoms with Gasteiger partial charge in [0, 0.05) is 31.6 Å². The van der Waals surface area contributed by atoms with E-state index in [0.717, 1.165) is 25.9 Å². The molecule has 0 bridgehead atoms. The number of hydrogen-bond acceptors (Lipinski definition) is 2. The van der Waals surface area contributed by atoms with Gasteiger partial charge in [0.15, 0.2) is 5.96 Å². The van der Waals surface area contributed by atoms with E-state index in [1.165, 1.54) is 0 Å². The van der Waals surface area contributed by atoms with Crippen molar-refractivity contribution in [1.82, 2.24) is 10.2 Å².